The molecular weight excluding hydrogens is 230 g/mol. The summed E-state index contributed by atoms with van der Waals surface area (Å²) in [5.41, 5.74) is 1.46. The number of rotatable bonds is 3. The molecular formula is C10H9NO2S2. The number of aryl methyl sites for hydroxylation is 1. The lowest BCUT2D eigenvalue weighted by molar-refractivity contribution is 0.103. The number of thiophene rings is 1. The first-order valence-electron chi connectivity index (χ1n) is 4.30. The summed E-state index contributed by atoms with van der Waals surface area (Å²) >= 11 is 2.78. The Labute approximate surface area is 95.4 Å². The lowest BCUT2D eigenvalue weighted by Crippen LogP contribution is -2.00. The number of hydrogen-bond acceptors (Lipinski definition) is 5. The van der Waals surface area contributed by atoms with E-state index in [1.165, 1.54) is 22.7 Å². The number of ether oxygens (including phenoxy) is 1. The summed E-state index contributed by atoms with van der Waals surface area (Å²) in [5, 5.41) is 4.15. The van der Waals surface area contributed by atoms with E-state index in [0.717, 1.165) is 10.4 Å². The van der Waals surface area contributed by atoms with Gasteiger partial charge in [-0.2, -0.15) is 4.98 Å². The molecule has 2 aromatic rings. The molecule has 2 aromatic heterocycles. The standard InChI is InChI=1S/C10H9NO2S2/c1-6-3-4-14-9(6)8(12)7-5-15-10(11-7)13-2/h3-5H,1-2H3. The van der Waals surface area contributed by atoms with Gasteiger partial charge in [0.1, 0.15) is 5.69 Å². The number of ketones is 1. The molecule has 2 heterocycles. The molecule has 78 valence electrons. The zero-order chi connectivity index (χ0) is 10.8. The van der Waals surface area contributed by atoms with Gasteiger partial charge in [0.15, 0.2) is 0 Å². The van der Waals surface area contributed by atoms with Gasteiger partial charge >= 0.3 is 0 Å². The summed E-state index contributed by atoms with van der Waals surface area (Å²) in [6.45, 7) is 1.92. The van der Waals surface area contributed by atoms with E-state index in [2.05, 4.69) is 4.98 Å². The average molecular weight is 239 g/mol. The van der Waals surface area contributed by atoms with Crippen molar-refractivity contribution < 1.29 is 9.53 Å². The van der Waals surface area contributed by atoms with Gasteiger partial charge < -0.3 is 4.74 Å². The molecule has 3 nitrogen and oxygen atoms in total. The maximum Gasteiger partial charge on any atom is 0.273 e. The summed E-state index contributed by atoms with van der Waals surface area (Å²) < 4.78 is 4.95. The van der Waals surface area contributed by atoms with E-state index in [9.17, 15) is 4.79 Å². The minimum Gasteiger partial charge on any atom is -0.473 e. The van der Waals surface area contributed by atoms with Crippen molar-refractivity contribution in [2.75, 3.05) is 7.11 Å². The third kappa shape index (κ3) is 1.93. The highest BCUT2D eigenvalue weighted by atomic mass is 32.1. The Morgan fingerprint density at radius 1 is 1.47 bits per heavy atom. The zero-order valence-corrected chi connectivity index (χ0v) is 9.95. The highest BCUT2D eigenvalue weighted by molar-refractivity contribution is 7.13. The second kappa shape index (κ2) is 4.12. The fourth-order valence-corrected chi connectivity index (χ4v) is 2.67. The maximum atomic E-state index is 12.0. The molecule has 0 aliphatic carbocycles. The van der Waals surface area contributed by atoms with Crippen molar-refractivity contribution in [2.45, 2.75) is 6.92 Å². The van der Waals surface area contributed by atoms with Crippen LogP contribution in [0, 0.1) is 6.92 Å². The summed E-state index contributed by atoms with van der Waals surface area (Å²) in [6, 6.07) is 1.93. The number of hydrogen-bond donors (Lipinski definition) is 0. The lowest BCUT2D eigenvalue weighted by atomic mass is 10.2. The number of thiazole rings is 1. The molecule has 0 saturated carbocycles. The van der Waals surface area contributed by atoms with Crippen LogP contribution in [0.3, 0.4) is 0 Å². The van der Waals surface area contributed by atoms with E-state index < -0.39 is 0 Å². The van der Waals surface area contributed by atoms with Crippen molar-refractivity contribution in [3.05, 3.63) is 33.0 Å². The van der Waals surface area contributed by atoms with Gasteiger partial charge in [0.2, 0.25) is 5.78 Å². The fraction of sp³-hybridized carbons (Fsp3) is 0.200. The van der Waals surface area contributed by atoms with E-state index in [0.29, 0.717) is 10.9 Å². The molecule has 0 aromatic carbocycles. The van der Waals surface area contributed by atoms with E-state index >= 15 is 0 Å². The Hall–Kier alpha value is -1.20. The molecule has 0 unspecified atom stereocenters. The van der Waals surface area contributed by atoms with Crippen LogP contribution in [0.25, 0.3) is 0 Å². The predicted octanol–water partition coefficient (Wildman–Crippen LogP) is 2.75. The van der Waals surface area contributed by atoms with Crippen molar-refractivity contribution in [1.29, 1.82) is 0 Å². The first kappa shape index (κ1) is 10.3. The molecule has 0 N–H and O–H groups in total. The molecule has 0 spiro atoms. The SMILES string of the molecule is COc1nc(C(=O)c2sccc2C)cs1. The maximum absolute atomic E-state index is 12.0. The first-order valence-corrected chi connectivity index (χ1v) is 6.06. The van der Waals surface area contributed by atoms with Crippen LogP contribution in [0.1, 0.15) is 20.9 Å². The van der Waals surface area contributed by atoms with Gasteiger partial charge in [0.25, 0.3) is 5.19 Å². The second-order valence-corrected chi connectivity index (χ2v) is 4.70. The molecule has 5 heteroatoms. The molecule has 0 aliphatic heterocycles. The van der Waals surface area contributed by atoms with Crippen molar-refractivity contribution in [3.8, 4) is 5.19 Å². The van der Waals surface area contributed by atoms with Crippen LogP contribution in [0.5, 0.6) is 5.19 Å². The van der Waals surface area contributed by atoms with Gasteiger partial charge in [0, 0.05) is 5.38 Å². The highest BCUT2D eigenvalue weighted by Crippen LogP contribution is 2.23. The summed E-state index contributed by atoms with van der Waals surface area (Å²) in [6.07, 6.45) is 0. The van der Waals surface area contributed by atoms with Gasteiger partial charge in [-0.25, -0.2) is 0 Å². The Bertz CT molecular complexity index is 487. The normalized spacial score (nSPS) is 10.3. The summed E-state index contributed by atoms with van der Waals surface area (Å²) in [7, 11) is 1.55. The van der Waals surface area contributed by atoms with Crippen LogP contribution >= 0.6 is 22.7 Å². The van der Waals surface area contributed by atoms with E-state index in [-0.39, 0.29) is 5.78 Å². The highest BCUT2D eigenvalue weighted by Gasteiger charge is 2.16. The minimum atomic E-state index is -0.0259. The Kier molecular flexibility index (Phi) is 2.83. The quantitative estimate of drug-likeness (QED) is 0.773. The van der Waals surface area contributed by atoms with Crippen LogP contribution in [0.15, 0.2) is 16.8 Å². The van der Waals surface area contributed by atoms with Gasteiger partial charge in [-0.1, -0.05) is 11.3 Å². The number of aromatic nitrogens is 1. The fourth-order valence-electron chi connectivity index (χ4n) is 1.18. The molecule has 0 amide bonds. The number of carbonyl (C=O) groups excluding carboxylic acids is 1. The van der Waals surface area contributed by atoms with Gasteiger partial charge in [-0.3, -0.25) is 4.79 Å². The van der Waals surface area contributed by atoms with Crippen molar-refractivity contribution in [3.63, 3.8) is 0 Å². The van der Waals surface area contributed by atoms with Crippen molar-refractivity contribution in [1.82, 2.24) is 4.98 Å². The topological polar surface area (TPSA) is 39.2 Å². The molecule has 0 radical (unpaired) electrons. The Morgan fingerprint density at radius 3 is 2.80 bits per heavy atom. The average Bonchev–Trinajstić information content (AvgIpc) is 2.84. The van der Waals surface area contributed by atoms with Crippen molar-refractivity contribution in [2.24, 2.45) is 0 Å². The minimum absolute atomic E-state index is 0.0259. The number of nitrogens with zero attached hydrogens (tertiary/aromatic N) is 1. The van der Waals surface area contributed by atoms with Crippen LogP contribution in [-0.4, -0.2) is 17.9 Å². The van der Waals surface area contributed by atoms with Gasteiger partial charge in [-0.15, -0.1) is 11.3 Å². The van der Waals surface area contributed by atoms with Gasteiger partial charge in [-0.05, 0) is 23.9 Å². The largest absolute Gasteiger partial charge is 0.473 e. The predicted molar refractivity (Wildman–Crippen MR) is 61.2 cm³/mol. The molecule has 0 fully saturated rings. The number of carbonyl (C=O) groups is 1. The first-order chi connectivity index (χ1) is 7.22. The lowest BCUT2D eigenvalue weighted by Gasteiger charge is -1.94. The Morgan fingerprint density at radius 2 is 2.27 bits per heavy atom. The zero-order valence-electron chi connectivity index (χ0n) is 8.31. The third-order valence-electron chi connectivity index (χ3n) is 1.96. The summed E-state index contributed by atoms with van der Waals surface area (Å²) in [4.78, 5) is 16.8. The van der Waals surface area contributed by atoms with Crippen LogP contribution < -0.4 is 4.74 Å². The van der Waals surface area contributed by atoms with Crippen LogP contribution in [0.2, 0.25) is 0 Å². The second-order valence-electron chi connectivity index (χ2n) is 2.96. The number of methoxy groups -OCH3 is 1. The monoisotopic (exact) mass is 239 g/mol. The Balaban J connectivity index is 2.32. The van der Waals surface area contributed by atoms with Crippen LogP contribution in [0.4, 0.5) is 0 Å². The van der Waals surface area contributed by atoms with Gasteiger partial charge in [0.05, 0.1) is 12.0 Å². The molecule has 0 saturated heterocycles. The molecule has 0 aliphatic rings. The molecule has 0 bridgehead atoms. The van der Waals surface area contributed by atoms with E-state index in [4.69, 9.17) is 4.74 Å². The van der Waals surface area contributed by atoms with E-state index in [1.807, 2.05) is 18.4 Å². The molecule has 2 rings (SSSR count). The van der Waals surface area contributed by atoms with Crippen molar-refractivity contribution >= 4 is 28.5 Å². The molecule has 0 atom stereocenters. The smallest absolute Gasteiger partial charge is 0.273 e. The summed E-state index contributed by atoms with van der Waals surface area (Å²) in [5.74, 6) is -0.0259. The van der Waals surface area contributed by atoms with Crippen LogP contribution in [-0.2, 0) is 0 Å². The molecule has 15 heavy (non-hydrogen) atoms. The van der Waals surface area contributed by atoms with E-state index in [1.54, 1.807) is 12.5 Å². The third-order valence-corrected chi connectivity index (χ3v) is 3.77.